The van der Waals surface area contributed by atoms with Crippen molar-refractivity contribution >= 4 is 21.4 Å². The molecule has 0 fully saturated rings. The molecule has 5 nitrogen and oxygen atoms in total. The van der Waals surface area contributed by atoms with Crippen molar-refractivity contribution < 1.29 is 13.2 Å². The van der Waals surface area contributed by atoms with Gasteiger partial charge in [0.1, 0.15) is 0 Å². The van der Waals surface area contributed by atoms with E-state index in [1.165, 1.54) is 6.07 Å². The number of sulfone groups is 1. The van der Waals surface area contributed by atoms with Crippen molar-refractivity contribution in [2.24, 2.45) is 0 Å². The Hall–Kier alpha value is -1.40. The third kappa shape index (κ3) is 4.16. The van der Waals surface area contributed by atoms with E-state index in [1.54, 1.807) is 25.2 Å². The molecule has 0 spiro atoms. The Morgan fingerprint density at radius 2 is 1.94 bits per heavy atom. The van der Waals surface area contributed by atoms with E-state index >= 15 is 0 Å². The lowest BCUT2D eigenvalue weighted by Crippen LogP contribution is -2.19. The van der Waals surface area contributed by atoms with Crippen LogP contribution in [0.4, 0.5) is 5.69 Å². The summed E-state index contributed by atoms with van der Waals surface area (Å²) in [5.41, 5.74) is 0.330. The van der Waals surface area contributed by atoms with E-state index in [2.05, 4.69) is 10.6 Å². The average molecular weight is 256 g/mol. The molecule has 1 aromatic carbocycles. The van der Waals surface area contributed by atoms with E-state index in [4.69, 9.17) is 0 Å². The number of carbonyl (C=O) groups is 1. The van der Waals surface area contributed by atoms with Crippen LogP contribution < -0.4 is 10.6 Å². The molecule has 0 unspecified atom stereocenters. The maximum Gasteiger partial charge on any atom is 0.225 e. The highest BCUT2D eigenvalue weighted by Gasteiger charge is 2.13. The van der Waals surface area contributed by atoms with E-state index in [0.29, 0.717) is 18.7 Å². The smallest absolute Gasteiger partial charge is 0.225 e. The molecule has 0 saturated carbocycles. The molecule has 0 heterocycles. The minimum absolute atomic E-state index is 0.137. The van der Waals surface area contributed by atoms with Crippen LogP contribution in [0, 0.1) is 0 Å². The van der Waals surface area contributed by atoms with Gasteiger partial charge in [0.2, 0.25) is 5.91 Å². The first-order valence-corrected chi connectivity index (χ1v) is 7.08. The zero-order chi connectivity index (χ0) is 12.9. The predicted molar refractivity (Wildman–Crippen MR) is 66.7 cm³/mol. The van der Waals surface area contributed by atoms with Crippen LogP contribution in [0.15, 0.2) is 29.2 Å². The largest absolute Gasteiger partial charge is 0.325 e. The van der Waals surface area contributed by atoms with Gasteiger partial charge in [-0.15, -0.1) is 0 Å². The lowest BCUT2D eigenvalue weighted by atomic mass is 10.3. The van der Waals surface area contributed by atoms with Gasteiger partial charge in [0.15, 0.2) is 9.84 Å². The summed E-state index contributed by atoms with van der Waals surface area (Å²) in [6.45, 7) is 0.548. The molecule has 0 aromatic heterocycles. The van der Waals surface area contributed by atoms with Gasteiger partial charge in [-0.3, -0.25) is 4.79 Å². The molecule has 1 rings (SSSR count). The molecule has 0 aliphatic heterocycles. The summed E-state index contributed by atoms with van der Waals surface area (Å²) >= 11 is 0. The molecular formula is C11H16N2O3S. The molecule has 17 heavy (non-hydrogen) atoms. The molecule has 94 valence electrons. The Morgan fingerprint density at radius 3 is 2.53 bits per heavy atom. The summed E-state index contributed by atoms with van der Waals surface area (Å²) in [4.78, 5) is 11.6. The summed E-state index contributed by atoms with van der Waals surface area (Å²) in [5, 5.41) is 5.44. The lowest BCUT2D eigenvalue weighted by Gasteiger charge is -2.09. The number of rotatable bonds is 5. The molecule has 1 amide bonds. The van der Waals surface area contributed by atoms with Gasteiger partial charge in [-0.1, -0.05) is 12.1 Å². The van der Waals surface area contributed by atoms with Gasteiger partial charge in [0, 0.05) is 19.2 Å². The van der Waals surface area contributed by atoms with Gasteiger partial charge in [-0.2, -0.15) is 0 Å². The maximum atomic E-state index is 11.5. The fourth-order valence-electron chi connectivity index (χ4n) is 1.34. The van der Waals surface area contributed by atoms with E-state index in [1.807, 2.05) is 0 Å². The summed E-state index contributed by atoms with van der Waals surface area (Å²) in [7, 11) is -1.58. The Balaban J connectivity index is 2.88. The van der Waals surface area contributed by atoms with Crippen LogP contribution in [0.3, 0.4) is 0 Å². The monoisotopic (exact) mass is 256 g/mol. The highest BCUT2D eigenvalue weighted by molar-refractivity contribution is 7.90. The Morgan fingerprint density at radius 1 is 1.29 bits per heavy atom. The molecular weight excluding hydrogens is 240 g/mol. The molecule has 2 N–H and O–H groups in total. The molecule has 6 heteroatoms. The first-order chi connectivity index (χ1) is 7.95. The molecule has 0 aliphatic rings. The van der Waals surface area contributed by atoms with Gasteiger partial charge in [-0.05, 0) is 19.2 Å². The van der Waals surface area contributed by atoms with Crippen molar-refractivity contribution in [3.05, 3.63) is 24.3 Å². The zero-order valence-corrected chi connectivity index (χ0v) is 10.7. The van der Waals surface area contributed by atoms with E-state index in [9.17, 15) is 13.2 Å². The second-order valence-corrected chi connectivity index (χ2v) is 5.65. The van der Waals surface area contributed by atoms with Crippen molar-refractivity contribution in [2.45, 2.75) is 11.3 Å². The fraction of sp³-hybridized carbons (Fsp3) is 0.364. The average Bonchev–Trinajstić information content (AvgIpc) is 2.25. The van der Waals surface area contributed by atoms with Crippen LogP contribution in [0.1, 0.15) is 6.42 Å². The molecule has 0 bridgehead atoms. The minimum atomic E-state index is -3.33. The number of hydrogen-bond acceptors (Lipinski definition) is 4. The van der Waals surface area contributed by atoms with Crippen molar-refractivity contribution in [1.82, 2.24) is 5.32 Å². The van der Waals surface area contributed by atoms with E-state index in [-0.39, 0.29) is 10.8 Å². The van der Waals surface area contributed by atoms with Gasteiger partial charge in [0.25, 0.3) is 0 Å². The van der Waals surface area contributed by atoms with Crippen LogP contribution in [0.2, 0.25) is 0 Å². The van der Waals surface area contributed by atoms with E-state index in [0.717, 1.165) is 6.26 Å². The highest BCUT2D eigenvalue weighted by atomic mass is 32.2. The van der Waals surface area contributed by atoms with E-state index < -0.39 is 9.84 Å². The molecule has 0 saturated heterocycles. The number of hydrogen-bond donors (Lipinski definition) is 2. The van der Waals surface area contributed by atoms with Crippen molar-refractivity contribution in [1.29, 1.82) is 0 Å². The molecule has 0 radical (unpaired) electrons. The van der Waals surface area contributed by atoms with Crippen molar-refractivity contribution in [2.75, 3.05) is 25.2 Å². The van der Waals surface area contributed by atoms with Gasteiger partial charge in [-0.25, -0.2) is 8.42 Å². The first-order valence-electron chi connectivity index (χ1n) is 5.18. The highest BCUT2D eigenvalue weighted by Crippen LogP contribution is 2.20. The van der Waals surface area contributed by atoms with Gasteiger partial charge >= 0.3 is 0 Å². The van der Waals surface area contributed by atoms with Crippen LogP contribution in [0.5, 0.6) is 0 Å². The normalized spacial score (nSPS) is 11.2. The maximum absolute atomic E-state index is 11.5. The fourth-order valence-corrected chi connectivity index (χ4v) is 2.19. The molecule has 1 aromatic rings. The van der Waals surface area contributed by atoms with Crippen molar-refractivity contribution in [3.63, 3.8) is 0 Å². The van der Waals surface area contributed by atoms with Crippen LogP contribution in [-0.4, -0.2) is 34.2 Å². The first kappa shape index (κ1) is 13.7. The Bertz CT molecular complexity index is 497. The molecule has 0 atom stereocenters. The standard InChI is InChI=1S/C11H16N2O3S/c1-12-8-7-11(14)13-9-5-3-4-6-10(9)17(2,15)16/h3-6,12H,7-8H2,1-2H3,(H,13,14). The van der Waals surface area contributed by atoms with Crippen LogP contribution in [0.25, 0.3) is 0 Å². The lowest BCUT2D eigenvalue weighted by molar-refractivity contribution is -0.116. The summed E-state index contributed by atoms with van der Waals surface area (Å²) in [6.07, 6.45) is 1.42. The van der Waals surface area contributed by atoms with Crippen molar-refractivity contribution in [3.8, 4) is 0 Å². The zero-order valence-electron chi connectivity index (χ0n) is 9.86. The number of amides is 1. The quantitative estimate of drug-likeness (QED) is 0.810. The topological polar surface area (TPSA) is 75.3 Å². The summed E-state index contributed by atoms with van der Waals surface area (Å²) in [5.74, 6) is -0.213. The van der Waals surface area contributed by atoms with Crippen LogP contribution in [-0.2, 0) is 14.6 Å². The number of carbonyl (C=O) groups excluding carboxylic acids is 1. The number of para-hydroxylation sites is 1. The number of nitrogens with one attached hydrogen (secondary N) is 2. The molecule has 0 aliphatic carbocycles. The summed E-state index contributed by atoms with van der Waals surface area (Å²) in [6, 6.07) is 6.36. The van der Waals surface area contributed by atoms with Gasteiger partial charge in [0.05, 0.1) is 10.6 Å². The second-order valence-electron chi connectivity index (χ2n) is 3.67. The number of benzene rings is 1. The predicted octanol–water partition coefficient (Wildman–Crippen LogP) is 0.638. The third-order valence-corrected chi connectivity index (χ3v) is 3.32. The Kier molecular flexibility index (Phi) is 4.65. The number of anilines is 1. The third-order valence-electron chi connectivity index (χ3n) is 2.16. The minimum Gasteiger partial charge on any atom is -0.325 e. The second kappa shape index (κ2) is 5.79. The van der Waals surface area contributed by atoms with Gasteiger partial charge < -0.3 is 10.6 Å². The SMILES string of the molecule is CNCCC(=O)Nc1ccccc1S(C)(=O)=O. The Labute approximate surface area is 101 Å². The van der Waals surface area contributed by atoms with Crippen LogP contribution >= 0.6 is 0 Å². The summed E-state index contributed by atoms with van der Waals surface area (Å²) < 4.78 is 23.0.